The fourth-order valence-electron chi connectivity index (χ4n) is 4.26. The van der Waals surface area contributed by atoms with Crippen molar-refractivity contribution in [3.05, 3.63) is 66.2 Å². The summed E-state index contributed by atoms with van der Waals surface area (Å²) in [4.78, 5) is 18.8. The first kappa shape index (κ1) is 19.3. The Morgan fingerprint density at radius 3 is 2.48 bits per heavy atom. The van der Waals surface area contributed by atoms with Gasteiger partial charge in [-0.25, -0.2) is 4.98 Å². The molecule has 5 rings (SSSR count). The van der Waals surface area contributed by atoms with E-state index < -0.39 is 0 Å². The van der Waals surface area contributed by atoms with Crippen molar-refractivity contribution in [1.29, 1.82) is 0 Å². The second kappa shape index (κ2) is 7.57. The van der Waals surface area contributed by atoms with E-state index in [9.17, 15) is 4.79 Å². The number of aromatic nitrogens is 1. The molecule has 5 nitrogen and oxygen atoms in total. The number of hydrogen-bond donors (Lipinski definition) is 1. The average molecular weight is 409 g/mol. The van der Waals surface area contributed by atoms with E-state index in [1.807, 2.05) is 36.4 Å². The third kappa shape index (κ3) is 3.35. The number of anilines is 1. The number of rotatable bonds is 4. The summed E-state index contributed by atoms with van der Waals surface area (Å²) in [5, 5.41) is 0. The van der Waals surface area contributed by atoms with Crippen LogP contribution in [0.5, 0.6) is 5.88 Å². The number of hydrogen-bond acceptors (Lipinski definition) is 4. The van der Waals surface area contributed by atoms with E-state index in [2.05, 4.69) is 30.2 Å². The third-order valence-corrected chi connectivity index (χ3v) is 6.21. The van der Waals surface area contributed by atoms with Crippen molar-refractivity contribution in [1.82, 2.24) is 4.98 Å². The van der Waals surface area contributed by atoms with Gasteiger partial charge in [0.15, 0.2) is 6.61 Å². The lowest BCUT2D eigenvalue weighted by atomic mass is 9.72. The topological polar surface area (TPSA) is 68.5 Å². The van der Waals surface area contributed by atoms with Gasteiger partial charge in [-0.05, 0) is 36.5 Å². The number of fused-ring (bicyclic) bond motifs is 1. The molecule has 0 spiro atoms. The fraction of sp³-hybridized carbons (Fsp3) is 0.231. The number of carbonyl (C=O) groups excluding carboxylic acids is 1. The van der Waals surface area contributed by atoms with Gasteiger partial charge in [0.2, 0.25) is 5.88 Å². The number of nitrogens with two attached hydrogens (primary N) is 1. The summed E-state index contributed by atoms with van der Waals surface area (Å²) in [5.74, 6) is 2.81. The second-order valence-corrected chi connectivity index (χ2v) is 8.13. The zero-order valence-electron chi connectivity index (χ0n) is 17.2. The SMILES string of the molecule is C#CCN1C(=O)COc2nc(-c3ccc(C4(N)CCC4)cc3)c(-c3ccccc3)cc21. The Kier molecular flexibility index (Phi) is 4.72. The van der Waals surface area contributed by atoms with E-state index in [-0.39, 0.29) is 24.6 Å². The van der Waals surface area contributed by atoms with Crippen LogP contribution in [0.1, 0.15) is 24.8 Å². The zero-order valence-corrected chi connectivity index (χ0v) is 17.2. The van der Waals surface area contributed by atoms with Gasteiger partial charge in [0, 0.05) is 16.7 Å². The van der Waals surface area contributed by atoms with Crippen molar-refractivity contribution in [3.8, 4) is 40.6 Å². The predicted octanol–water partition coefficient (Wildman–Crippen LogP) is 4.11. The van der Waals surface area contributed by atoms with Crippen LogP contribution in [-0.4, -0.2) is 24.0 Å². The monoisotopic (exact) mass is 409 g/mol. The van der Waals surface area contributed by atoms with Crippen LogP contribution in [0.15, 0.2) is 60.7 Å². The minimum Gasteiger partial charge on any atom is -0.466 e. The highest BCUT2D eigenvalue weighted by Crippen LogP contribution is 2.42. The quantitative estimate of drug-likeness (QED) is 0.659. The molecule has 2 N–H and O–H groups in total. The van der Waals surface area contributed by atoms with Crippen LogP contribution in [0.3, 0.4) is 0 Å². The normalized spacial score (nSPS) is 16.6. The molecule has 0 radical (unpaired) electrons. The molecule has 0 bridgehead atoms. The first-order valence-electron chi connectivity index (χ1n) is 10.5. The summed E-state index contributed by atoms with van der Waals surface area (Å²) in [6.07, 6.45) is 8.71. The molecular formula is C26H23N3O2. The van der Waals surface area contributed by atoms with Crippen LogP contribution in [-0.2, 0) is 10.3 Å². The van der Waals surface area contributed by atoms with Gasteiger partial charge in [-0.15, -0.1) is 6.42 Å². The Morgan fingerprint density at radius 2 is 1.84 bits per heavy atom. The Hall–Kier alpha value is -3.62. The Balaban J connectivity index is 1.65. The molecule has 5 heteroatoms. The fourth-order valence-corrected chi connectivity index (χ4v) is 4.26. The molecule has 1 aliphatic carbocycles. The summed E-state index contributed by atoms with van der Waals surface area (Å²) in [6.45, 7) is 0.109. The number of benzene rings is 2. The maximum atomic E-state index is 12.4. The molecule has 2 aliphatic rings. The van der Waals surface area contributed by atoms with Crippen molar-refractivity contribution >= 4 is 11.6 Å². The highest BCUT2D eigenvalue weighted by atomic mass is 16.5. The molecule has 3 aromatic rings. The number of amides is 1. The van der Waals surface area contributed by atoms with Gasteiger partial charge >= 0.3 is 0 Å². The average Bonchev–Trinajstić information content (AvgIpc) is 2.79. The van der Waals surface area contributed by atoms with E-state index in [0.29, 0.717) is 11.6 Å². The first-order valence-corrected chi connectivity index (χ1v) is 10.5. The number of terminal acetylenes is 1. The van der Waals surface area contributed by atoms with E-state index in [4.69, 9.17) is 21.9 Å². The van der Waals surface area contributed by atoms with Crippen LogP contribution in [0, 0.1) is 12.3 Å². The number of pyridine rings is 1. The van der Waals surface area contributed by atoms with E-state index in [1.165, 1.54) is 6.42 Å². The third-order valence-electron chi connectivity index (χ3n) is 6.21. The molecule has 1 saturated carbocycles. The van der Waals surface area contributed by atoms with Crippen molar-refractivity contribution < 1.29 is 9.53 Å². The van der Waals surface area contributed by atoms with Crippen LogP contribution < -0.4 is 15.4 Å². The van der Waals surface area contributed by atoms with Gasteiger partial charge in [0.25, 0.3) is 5.91 Å². The Labute approximate surface area is 181 Å². The lowest BCUT2D eigenvalue weighted by Crippen LogP contribution is -2.43. The van der Waals surface area contributed by atoms with E-state index >= 15 is 0 Å². The molecule has 1 fully saturated rings. The standard InChI is InChI=1S/C26H23N3O2/c1-2-15-29-22-16-21(18-7-4-3-5-8-18)24(28-25(22)31-17-23(29)30)19-9-11-20(12-10-19)26(27)13-6-14-26/h1,3-5,7-12,16H,6,13-15,17,27H2. The van der Waals surface area contributed by atoms with Crippen LogP contribution >= 0.6 is 0 Å². The van der Waals surface area contributed by atoms with Gasteiger partial charge in [0.05, 0.1) is 12.2 Å². The van der Waals surface area contributed by atoms with Crippen molar-refractivity contribution in [2.75, 3.05) is 18.1 Å². The highest BCUT2D eigenvalue weighted by Gasteiger charge is 2.34. The first-order chi connectivity index (χ1) is 15.1. The molecule has 2 heterocycles. The molecule has 154 valence electrons. The van der Waals surface area contributed by atoms with E-state index in [1.54, 1.807) is 4.90 Å². The molecule has 1 amide bonds. The second-order valence-electron chi connectivity index (χ2n) is 8.13. The number of carbonyl (C=O) groups is 1. The molecule has 2 aromatic carbocycles. The summed E-state index contributed by atoms with van der Waals surface area (Å²) >= 11 is 0. The van der Waals surface area contributed by atoms with Crippen molar-refractivity contribution in [2.24, 2.45) is 5.73 Å². The molecule has 0 atom stereocenters. The molecule has 0 unspecified atom stereocenters. The van der Waals surface area contributed by atoms with Gasteiger partial charge in [-0.1, -0.05) is 60.5 Å². The van der Waals surface area contributed by atoms with Crippen LogP contribution in [0.2, 0.25) is 0 Å². The van der Waals surface area contributed by atoms with Crippen LogP contribution in [0.25, 0.3) is 22.4 Å². The van der Waals surface area contributed by atoms with Crippen LogP contribution in [0.4, 0.5) is 5.69 Å². The summed E-state index contributed by atoms with van der Waals surface area (Å²) in [7, 11) is 0. The molecule has 1 aromatic heterocycles. The number of nitrogens with zero attached hydrogens (tertiary/aromatic N) is 2. The largest absolute Gasteiger partial charge is 0.466 e. The van der Waals surface area contributed by atoms with Gasteiger partial charge in [-0.2, -0.15) is 0 Å². The van der Waals surface area contributed by atoms with Gasteiger partial charge in [0.1, 0.15) is 5.69 Å². The minimum atomic E-state index is -0.205. The van der Waals surface area contributed by atoms with Crippen molar-refractivity contribution in [2.45, 2.75) is 24.8 Å². The van der Waals surface area contributed by atoms with Gasteiger partial charge < -0.3 is 10.5 Å². The molecule has 0 saturated heterocycles. The number of ether oxygens (including phenoxy) is 1. The maximum Gasteiger partial charge on any atom is 0.265 e. The lowest BCUT2D eigenvalue weighted by molar-refractivity contribution is -0.121. The highest BCUT2D eigenvalue weighted by molar-refractivity contribution is 5.99. The predicted molar refractivity (Wildman–Crippen MR) is 122 cm³/mol. The minimum absolute atomic E-state index is 0.0690. The summed E-state index contributed by atoms with van der Waals surface area (Å²) in [6, 6.07) is 20.3. The summed E-state index contributed by atoms with van der Waals surface area (Å²) < 4.78 is 5.68. The zero-order chi connectivity index (χ0) is 21.4. The van der Waals surface area contributed by atoms with Gasteiger partial charge in [-0.3, -0.25) is 9.69 Å². The van der Waals surface area contributed by atoms with Crippen molar-refractivity contribution in [3.63, 3.8) is 0 Å². The smallest absolute Gasteiger partial charge is 0.265 e. The maximum absolute atomic E-state index is 12.4. The van der Waals surface area contributed by atoms with E-state index in [0.717, 1.165) is 40.8 Å². The molecule has 1 aliphatic heterocycles. The summed E-state index contributed by atoms with van der Waals surface area (Å²) in [5.41, 5.74) is 11.7. The Morgan fingerprint density at radius 1 is 1.10 bits per heavy atom. The molecule has 31 heavy (non-hydrogen) atoms. The lowest BCUT2D eigenvalue weighted by Gasteiger charge is -2.38. The molecular weight excluding hydrogens is 386 g/mol. The Bertz CT molecular complexity index is 1180.